The lowest BCUT2D eigenvalue weighted by Gasteiger charge is -2.19. The molecule has 2 aromatic heterocycles. The molecule has 0 saturated heterocycles. The highest BCUT2D eigenvalue weighted by Crippen LogP contribution is 2.46. The molecule has 2 N–H and O–H groups in total. The molecule has 4 nitrogen and oxygen atoms in total. The molecule has 5 heteroatoms. The Morgan fingerprint density at radius 2 is 1.95 bits per heavy atom. The van der Waals surface area contributed by atoms with E-state index in [-0.39, 0.29) is 0 Å². The Morgan fingerprint density at radius 3 is 2.58 bits per heavy atom. The first-order valence-electron chi connectivity index (χ1n) is 7.04. The van der Waals surface area contributed by atoms with Gasteiger partial charge in [-0.25, -0.2) is 4.98 Å². The van der Waals surface area contributed by atoms with Crippen LogP contribution < -0.4 is 10.6 Å². The number of thiophene rings is 1. The Bertz CT molecular complexity index is 589. The summed E-state index contributed by atoms with van der Waals surface area (Å²) >= 11 is 1.68. The lowest BCUT2D eigenvalue weighted by molar-refractivity contribution is 0.566. The second-order valence-corrected chi connectivity index (χ2v) is 6.52. The largest absolute Gasteiger partial charge is 0.366 e. The summed E-state index contributed by atoms with van der Waals surface area (Å²) in [5.74, 6) is 3.46. The minimum atomic E-state index is 0.628. The van der Waals surface area contributed by atoms with Crippen LogP contribution in [0.4, 0.5) is 11.8 Å². The van der Waals surface area contributed by atoms with Gasteiger partial charge in [0.15, 0.2) is 0 Å². The summed E-state index contributed by atoms with van der Waals surface area (Å²) in [6.45, 7) is 0. The molecule has 2 heterocycles. The maximum absolute atomic E-state index is 4.63. The fourth-order valence-corrected chi connectivity index (χ4v) is 3.53. The molecule has 2 fully saturated rings. The zero-order valence-electron chi connectivity index (χ0n) is 11.0. The van der Waals surface area contributed by atoms with Crippen molar-refractivity contribution in [2.45, 2.75) is 31.7 Å². The average Bonchev–Trinajstić information content (AvgIpc) is 3.33. The van der Waals surface area contributed by atoms with Crippen molar-refractivity contribution < 1.29 is 0 Å². The van der Waals surface area contributed by atoms with Crippen LogP contribution in [0.15, 0.2) is 11.4 Å². The maximum atomic E-state index is 4.63. The number of nitrogens with one attached hydrogen (secondary N) is 2. The van der Waals surface area contributed by atoms with Gasteiger partial charge >= 0.3 is 0 Å². The molecule has 4 rings (SSSR count). The molecule has 2 aromatic rings. The van der Waals surface area contributed by atoms with Crippen molar-refractivity contribution in [3.63, 3.8) is 0 Å². The first kappa shape index (κ1) is 11.5. The molecule has 100 valence electrons. The summed E-state index contributed by atoms with van der Waals surface area (Å²) in [4.78, 5) is 10.2. The Morgan fingerprint density at radius 1 is 1.21 bits per heavy atom. The molecular formula is C14H18N4S. The minimum Gasteiger partial charge on any atom is -0.366 e. The number of rotatable bonds is 5. The van der Waals surface area contributed by atoms with Gasteiger partial charge < -0.3 is 10.6 Å². The molecule has 0 aliphatic heterocycles. The molecule has 0 amide bonds. The van der Waals surface area contributed by atoms with E-state index in [0.717, 1.165) is 27.9 Å². The van der Waals surface area contributed by atoms with E-state index in [1.54, 1.807) is 11.3 Å². The normalized spacial score (nSPS) is 19.1. The van der Waals surface area contributed by atoms with Gasteiger partial charge in [0.05, 0.1) is 5.39 Å². The van der Waals surface area contributed by atoms with E-state index in [2.05, 4.69) is 32.0 Å². The van der Waals surface area contributed by atoms with Crippen molar-refractivity contribution in [3.8, 4) is 0 Å². The molecular weight excluding hydrogens is 256 g/mol. The van der Waals surface area contributed by atoms with Gasteiger partial charge in [-0.05, 0) is 49.0 Å². The van der Waals surface area contributed by atoms with Gasteiger partial charge in [-0.1, -0.05) is 0 Å². The van der Waals surface area contributed by atoms with Crippen molar-refractivity contribution in [2.24, 2.45) is 11.8 Å². The number of hydrogen-bond acceptors (Lipinski definition) is 5. The topological polar surface area (TPSA) is 49.8 Å². The molecule has 0 bridgehead atoms. The Labute approximate surface area is 116 Å². The van der Waals surface area contributed by atoms with Gasteiger partial charge in [0.2, 0.25) is 5.95 Å². The quantitative estimate of drug-likeness (QED) is 0.878. The molecule has 2 aliphatic carbocycles. The van der Waals surface area contributed by atoms with Gasteiger partial charge in [0, 0.05) is 13.1 Å². The predicted molar refractivity (Wildman–Crippen MR) is 79.8 cm³/mol. The highest BCUT2D eigenvalue weighted by molar-refractivity contribution is 7.16. The fraction of sp³-hybridized carbons (Fsp3) is 0.571. The van der Waals surface area contributed by atoms with Crippen molar-refractivity contribution in [1.82, 2.24) is 9.97 Å². The zero-order valence-corrected chi connectivity index (χ0v) is 11.8. The van der Waals surface area contributed by atoms with Crippen LogP contribution in [-0.2, 0) is 0 Å². The predicted octanol–water partition coefficient (Wildman–Crippen LogP) is 3.33. The third-order valence-electron chi connectivity index (χ3n) is 4.11. The maximum Gasteiger partial charge on any atom is 0.225 e. The fourth-order valence-electron chi connectivity index (χ4n) is 2.77. The molecule has 0 radical (unpaired) electrons. The molecule has 2 saturated carbocycles. The average molecular weight is 274 g/mol. The van der Waals surface area contributed by atoms with E-state index in [0.29, 0.717) is 12.0 Å². The molecule has 0 atom stereocenters. The highest BCUT2D eigenvalue weighted by atomic mass is 32.1. The van der Waals surface area contributed by atoms with Crippen LogP contribution >= 0.6 is 11.3 Å². The lowest BCUT2D eigenvalue weighted by Crippen LogP contribution is -2.25. The standard InChI is InChI=1S/C14H18N4S/c1-15-14-17-12(10-6-7-19-13(10)18-14)16-11(8-2-3-8)9-4-5-9/h6-9,11H,2-5H2,1H3,(H2,15,16,17,18). The van der Waals surface area contributed by atoms with E-state index < -0.39 is 0 Å². The molecule has 0 unspecified atom stereocenters. The number of hydrogen-bond donors (Lipinski definition) is 2. The minimum absolute atomic E-state index is 0.628. The third kappa shape index (κ3) is 2.16. The van der Waals surface area contributed by atoms with E-state index in [4.69, 9.17) is 0 Å². The number of anilines is 2. The second kappa shape index (κ2) is 4.34. The van der Waals surface area contributed by atoms with Gasteiger partial charge in [0.25, 0.3) is 0 Å². The van der Waals surface area contributed by atoms with Crippen molar-refractivity contribution >= 4 is 33.3 Å². The van der Waals surface area contributed by atoms with Gasteiger partial charge in [-0.15, -0.1) is 11.3 Å². The Hall–Kier alpha value is -1.36. The second-order valence-electron chi connectivity index (χ2n) is 5.63. The summed E-state index contributed by atoms with van der Waals surface area (Å²) in [5, 5.41) is 10.0. The number of nitrogens with zero attached hydrogens (tertiary/aromatic N) is 2. The Balaban J connectivity index is 1.70. The molecule has 19 heavy (non-hydrogen) atoms. The SMILES string of the molecule is CNc1nc(NC(C2CC2)C2CC2)c2ccsc2n1. The van der Waals surface area contributed by atoms with E-state index in [9.17, 15) is 0 Å². The summed E-state index contributed by atoms with van der Waals surface area (Å²) in [5.41, 5.74) is 0. The van der Waals surface area contributed by atoms with Crippen LogP contribution in [0.1, 0.15) is 25.7 Å². The first-order chi connectivity index (χ1) is 9.35. The molecule has 2 aliphatic rings. The highest BCUT2D eigenvalue weighted by Gasteiger charge is 2.41. The van der Waals surface area contributed by atoms with Gasteiger partial charge in [-0.3, -0.25) is 0 Å². The molecule has 0 aromatic carbocycles. The van der Waals surface area contributed by atoms with Crippen LogP contribution in [0.3, 0.4) is 0 Å². The summed E-state index contributed by atoms with van der Waals surface area (Å²) in [7, 11) is 1.87. The number of aromatic nitrogens is 2. The zero-order chi connectivity index (χ0) is 12.8. The van der Waals surface area contributed by atoms with Crippen LogP contribution in [0, 0.1) is 11.8 Å². The smallest absolute Gasteiger partial charge is 0.225 e. The number of fused-ring (bicyclic) bond motifs is 1. The first-order valence-corrected chi connectivity index (χ1v) is 7.92. The van der Waals surface area contributed by atoms with E-state index in [1.165, 1.54) is 25.7 Å². The van der Waals surface area contributed by atoms with E-state index >= 15 is 0 Å². The van der Waals surface area contributed by atoms with Crippen molar-refractivity contribution in [2.75, 3.05) is 17.7 Å². The molecule has 0 spiro atoms. The van der Waals surface area contributed by atoms with Crippen LogP contribution in [0.5, 0.6) is 0 Å². The van der Waals surface area contributed by atoms with E-state index in [1.807, 2.05) is 7.05 Å². The third-order valence-corrected chi connectivity index (χ3v) is 4.92. The van der Waals surface area contributed by atoms with Crippen LogP contribution in [-0.4, -0.2) is 23.1 Å². The lowest BCUT2D eigenvalue weighted by atomic mass is 10.1. The van der Waals surface area contributed by atoms with Gasteiger partial charge in [0.1, 0.15) is 10.6 Å². The summed E-state index contributed by atoms with van der Waals surface area (Å²) in [6.07, 6.45) is 5.52. The van der Waals surface area contributed by atoms with Gasteiger partial charge in [-0.2, -0.15) is 4.98 Å². The summed E-state index contributed by atoms with van der Waals surface area (Å²) < 4.78 is 0. The van der Waals surface area contributed by atoms with Crippen molar-refractivity contribution in [3.05, 3.63) is 11.4 Å². The summed E-state index contributed by atoms with van der Waals surface area (Å²) in [6, 6.07) is 2.75. The van der Waals surface area contributed by atoms with Crippen LogP contribution in [0.2, 0.25) is 0 Å². The van der Waals surface area contributed by atoms with Crippen LogP contribution in [0.25, 0.3) is 10.2 Å². The Kier molecular flexibility index (Phi) is 2.62. The monoisotopic (exact) mass is 274 g/mol. The van der Waals surface area contributed by atoms with Crippen molar-refractivity contribution in [1.29, 1.82) is 0 Å².